The third-order valence-corrected chi connectivity index (χ3v) is 5.22. The molecule has 1 unspecified atom stereocenters. The highest BCUT2D eigenvalue weighted by atomic mass is 35.5. The van der Waals surface area contributed by atoms with Gasteiger partial charge < -0.3 is 10.2 Å². The van der Waals surface area contributed by atoms with Gasteiger partial charge in [0.25, 0.3) is 15.9 Å². The number of rotatable bonds is 3. The summed E-state index contributed by atoms with van der Waals surface area (Å²) in [5, 5.41) is 3.55. The lowest BCUT2D eigenvalue weighted by Gasteiger charge is -2.27. The molecule has 126 valence electrons. The Hall–Kier alpha value is -2.12. The first kappa shape index (κ1) is 16.7. The van der Waals surface area contributed by atoms with Crippen LogP contribution in [0.15, 0.2) is 52.6 Å². The van der Waals surface area contributed by atoms with Crippen LogP contribution in [0.25, 0.3) is 0 Å². The summed E-state index contributed by atoms with van der Waals surface area (Å²) in [5.41, 5.74) is 1.40. The van der Waals surface area contributed by atoms with E-state index in [1.54, 1.807) is 35.4 Å². The smallest absolute Gasteiger partial charge is 0.256 e. The zero-order chi connectivity index (χ0) is 17.3. The van der Waals surface area contributed by atoms with Crippen LogP contribution in [0.4, 0.5) is 0 Å². The van der Waals surface area contributed by atoms with Crippen molar-refractivity contribution >= 4 is 33.4 Å². The van der Waals surface area contributed by atoms with E-state index in [9.17, 15) is 13.2 Å². The third-order valence-electron chi connectivity index (χ3n) is 3.80. The largest absolute Gasteiger partial charge is 0.345 e. The Morgan fingerprint density at radius 3 is 2.71 bits per heavy atom. The second-order valence-corrected chi connectivity index (χ2v) is 7.78. The molecular weight excluding hydrogens is 350 g/mol. The molecule has 6 nitrogen and oxygen atoms in total. The Morgan fingerprint density at radius 1 is 1.29 bits per heavy atom. The van der Waals surface area contributed by atoms with Gasteiger partial charge in [0, 0.05) is 17.8 Å². The Balaban J connectivity index is 1.71. The lowest BCUT2D eigenvalue weighted by Crippen LogP contribution is -2.38. The van der Waals surface area contributed by atoms with Gasteiger partial charge in [0.2, 0.25) is 0 Å². The summed E-state index contributed by atoms with van der Waals surface area (Å²) in [5.74, 6) is 0.0430. The fourth-order valence-corrected chi connectivity index (χ4v) is 3.55. The number of sulfonamides is 1. The first-order chi connectivity index (χ1) is 11.3. The average molecular weight is 366 g/mol. The molecule has 0 spiro atoms. The van der Waals surface area contributed by atoms with Gasteiger partial charge in [-0.15, -0.1) is 4.40 Å². The molecule has 0 fully saturated rings. The summed E-state index contributed by atoms with van der Waals surface area (Å²) in [4.78, 5) is 14.1. The van der Waals surface area contributed by atoms with Crippen LogP contribution in [0, 0.1) is 0 Å². The van der Waals surface area contributed by atoms with Crippen LogP contribution in [0.1, 0.15) is 18.5 Å². The van der Waals surface area contributed by atoms with Gasteiger partial charge in [0.05, 0.1) is 17.4 Å². The minimum absolute atomic E-state index is 0.0586. The molecule has 1 atom stereocenters. The number of halogens is 1. The maximum absolute atomic E-state index is 12.4. The molecular formula is C16H16ClN3O3S. The Bertz CT molecular complexity index is 857. The first-order valence-corrected chi connectivity index (χ1v) is 9.38. The topological polar surface area (TPSA) is 78.8 Å². The van der Waals surface area contributed by atoms with Crippen molar-refractivity contribution in [3.8, 4) is 0 Å². The van der Waals surface area contributed by atoms with E-state index in [1.807, 2.05) is 19.1 Å². The maximum atomic E-state index is 12.4. The monoisotopic (exact) mass is 365 g/mol. The number of hydrogen-bond acceptors (Lipinski definition) is 4. The van der Waals surface area contributed by atoms with E-state index in [0.29, 0.717) is 16.4 Å². The van der Waals surface area contributed by atoms with Crippen LogP contribution in [0.3, 0.4) is 0 Å². The molecule has 0 aliphatic carbocycles. The van der Waals surface area contributed by atoms with E-state index in [0.717, 1.165) is 5.56 Å². The van der Waals surface area contributed by atoms with Crippen molar-refractivity contribution in [3.63, 3.8) is 0 Å². The van der Waals surface area contributed by atoms with Crippen molar-refractivity contribution in [2.24, 2.45) is 4.40 Å². The number of nitrogens with zero attached hydrogens (tertiary/aromatic N) is 2. The molecule has 1 aromatic rings. The predicted molar refractivity (Wildman–Crippen MR) is 93.2 cm³/mol. The van der Waals surface area contributed by atoms with Crippen molar-refractivity contribution in [1.82, 2.24) is 10.2 Å². The van der Waals surface area contributed by atoms with Crippen LogP contribution in [0.2, 0.25) is 5.02 Å². The molecule has 0 bridgehead atoms. The SMILES string of the molecule is CC(NC(=O)C1=CN2CCS(=O)(=O)N=C2C=C1)c1ccc(Cl)cc1. The van der Waals surface area contributed by atoms with E-state index < -0.39 is 10.0 Å². The van der Waals surface area contributed by atoms with Crippen LogP contribution in [-0.4, -0.2) is 37.4 Å². The van der Waals surface area contributed by atoms with Crippen molar-refractivity contribution in [1.29, 1.82) is 0 Å². The second kappa shape index (κ2) is 6.41. The summed E-state index contributed by atoms with van der Waals surface area (Å²) in [6, 6.07) is 7.09. The van der Waals surface area contributed by atoms with Gasteiger partial charge >= 0.3 is 0 Å². The third kappa shape index (κ3) is 3.68. The lowest BCUT2D eigenvalue weighted by molar-refractivity contribution is -0.117. The van der Waals surface area contributed by atoms with E-state index in [4.69, 9.17) is 11.6 Å². The number of amidine groups is 1. The maximum Gasteiger partial charge on any atom is 0.256 e. The van der Waals surface area contributed by atoms with Crippen LogP contribution >= 0.6 is 11.6 Å². The molecule has 3 rings (SSSR count). The van der Waals surface area contributed by atoms with E-state index in [-0.39, 0.29) is 24.2 Å². The molecule has 2 aliphatic heterocycles. The van der Waals surface area contributed by atoms with E-state index >= 15 is 0 Å². The van der Waals surface area contributed by atoms with E-state index in [2.05, 4.69) is 9.71 Å². The highest BCUT2D eigenvalue weighted by Crippen LogP contribution is 2.19. The zero-order valence-electron chi connectivity index (χ0n) is 12.9. The standard InChI is InChI=1S/C16H16ClN3O3S/c1-11(12-2-5-14(17)6-3-12)18-16(21)13-4-7-15-19-24(22,23)9-8-20(15)10-13/h2-7,10-11H,8-9H2,1H3,(H,18,21). The summed E-state index contributed by atoms with van der Waals surface area (Å²) in [6.45, 7) is 2.17. The highest BCUT2D eigenvalue weighted by Gasteiger charge is 2.25. The summed E-state index contributed by atoms with van der Waals surface area (Å²) < 4.78 is 26.7. The normalized spacial score (nSPS) is 19.8. The van der Waals surface area contributed by atoms with Gasteiger partial charge in [-0.25, -0.2) is 8.42 Å². The second-order valence-electron chi connectivity index (χ2n) is 5.59. The highest BCUT2D eigenvalue weighted by molar-refractivity contribution is 7.90. The quantitative estimate of drug-likeness (QED) is 0.888. The minimum Gasteiger partial charge on any atom is -0.345 e. The molecule has 2 aliphatic rings. The molecule has 1 amide bonds. The number of fused-ring (bicyclic) bond motifs is 1. The van der Waals surface area contributed by atoms with E-state index in [1.165, 1.54) is 0 Å². The number of nitrogens with one attached hydrogen (secondary N) is 1. The van der Waals surface area contributed by atoms with Crippen LogP contribution in [0.5, 0.6) is 0 Å². The van der Waals surface area contributed by atoms with Crippen molar-refractivity contribution in [2.45, 2.75) is 13.0 Å². The Labute approximate surface area is 145 Å². The number of carbonyl (C=O) groups excluding carboxylic acids is 1. The summed E-state index contributed by atoms with van der Waals surface area (Å²) in [6.07, 6.45) is 4.73. The minimum atomic E-state index is -3.39. The predicted octanol–water partition coefficient (Wildman–Crippen LogP) is 2.01. The van der Waals surface area contributed by atoms with Gasteiger partial charge in [0.1, 0.15) is 5.84 Å². The molecule has 1 aromatic carbocycles. The molecule has 0 aromatic heterocycles. The first-order valence-electron chi connectivity index (χ1n) is 7.39. The van der Waals surface area contributed by atoms with Crippen LogP contribution in [-0.2, 0) is 14.8 Å². The number of carbonyl (C=O) groups is 1. The molecule has 0 saturated carbocycles. The fourth-order valence-electron chi connectivity index (χ4n) is 2.45. The van der Waals surface area contributed by atoms with Crippen molar-refractivity contribution in [3.05, 3.63) is 58.8 Å². The van der Waals surface area contributed by atoms with Gasteiger partial charge in [-0.2, -0.15) is 0 Å². The van der Waals surface area contributed by atoms with Crippen LogP contribution < -0.4 is 5.32 Å². The fraction of sp³-hybridized carbons (Fsp3) is 0.250. The molecule has 2 heterocycles. The van der Waals surface area contributed by atoms with Crippen molar-refractivity contribution < 1.29 is 13.2 Å². The molecule has 0 radical (unpaired) electrons. The van der Waals surface area contributed by atoms with Gasteiger partial charge in [-0.3, -0.25) is 4.79 Å². The number of amides is 1. The molecule has 1 N–H and O–H groups in total. The van der Waals surface area contributed by atoms with Crippen molar-refractivity contribution in [2.75, 3.05) is 12.3 Å². The molecule has 24 heavy (non-hydrogen) atoms. The summed E-state index contributed by atoms with van der Waals surface area (Å²) >= 11 is 5.86. The number of benzene rings is 1. The zero-order valence-corrected chi connectivity index (χ0v) is 14.5. The lowest BCUT2D eigenvalue weighted by atomic mass is 10.1. The number of hydrogen-bond donors (Lipinski definition) is 1. The average Bonchev–Trinajstić information content (AvgIpc) is 2.54. The Kier molecular flexibility index (Phi) is 4.47. The van der Waals surface area contributed by atoms with Gasteiger partial charge in [0.15, 0.2) is 0 Å². The Morgan fingerprint density at radius 2 is 2.00 bits per heavy atom. The molecule has 0 saturated heterocycles. The van der Waals surface area contributed by atoms with Gasteiger partial charge in [-0.1, -0.05) is 23.7 Å². The summed E-state index contributed by atoms with van der Waals surface area (Å²) in [7, 11) is -3.39. The van der Waals surface area contributed by atoms with Gasteiger partial charge in [-0.05, 0) is 36.8 Å². The molecule has 8 heteroatoms.